The second kappa shape index (κ2) is 7.63. The maximum atomic E-state index is 12.2. The van der Waals surface area contributed by atoms with Gasteiger partial charge in [0.25, 0.3) is 0 Å². The SMILES string of the molecule is O=C(CNCC1CC1)N1CCN(Cc2nc(-c3cccs3)no2)CC1. The van der Waals surface area contributed by atoms with Gasteiger partial charge in [0.2, 0.25) is 17.6 Å². The molecule has 25 heavy (non-hydrogen) atoms. The Morgan fingerprint density at radius 2 is 2.16 bits per heavy atom. The van der Waals surface area contributed by atoms with E-state index in [0.717, 1.165) is 43.5 Å². The van der Waals surface area contributed by atoms with Gasteiger partial charge in [-0.1, -0.05) is 11.2 Å². The van der Waals surface area contributed by atoms with Crippen LogP contribution in [0.1, 0.15) is 18.7 Å². The highest BCUT2D eigenvalue weighted by atomic mass is 32.1. The molecule has 8 heteroatoms. The summed E-state index contributed by atoms with van der Waals surface area (Å²) in [5, 5.41) is 9.32. The Hall–Kier alpha value is -1.77. The summed E-state index contributed by atoms with van der Waals surface area (Å²) in [4.78, 5) is 21.9. The van der Waals surface area contributed by atoms with Crippen molar-refractivity contribution in [2.75, 3.05) is 39.3 Å². The van der Waals surface area contributed by atoms with Crippen LogP contribution in [0.5, 0.6) is 0 Å². The van der Waals surface area contributed by atoms with Crippen LogP contribution in [0.4, 0.5) is 0 Å². The van der Waals surface area contributed by atoms with Crippen LogP contribution < -0.4 is 5.32 Å². The standard InChI is InChI=1S/C17H23N5O2S/c23-16(11-18-10-13-3-4-13)22-7-5-21(6-8-22)12-15-19-17(20-24-15)14-2-1-9-25-14/h1-2,9,13,18H,3-8,10-12H2. The molecule has 1 amide bonds. The quantitative estimate of drug-likeness (QED) is 0.804. The van der Waals surface area contributed by atoms with Crippen molar-refractivity contribution in [2.45, 2.75) is 19.4 Å². The highest BCUT2D eigenvalue weighted by Crippen LogP contribution is 2.27. The van der Waals surface area contributed by atoms with Crippen molar-refractivity contribution in [3.63, 3.8) is 0 Å². The van der Waals surface area contributed by atoms with Crippen molar-refractivity contribution in [1.82, 2.24) is 25.3 Å². The van der Waals surface area contributed by atoms with Gasteiger partial charge in [0.1, 0.15) is 0 Å². The number of amides is 1. The van der Waals surface area contributed by atoms with Crippen LogP contribution in [-0.2, 0) is 11.3 Å². The van der Waals surface area contributed by atoms with Crippen molar-refractivity contribution in [3.8, 4) is 10.7 Å². The Bertz CT molecular complexity index is 690. The van der Waals surface area contributed by atoms with E-state index >= 15 is 0 Å². The molecule has 1 saturated carbocycles. The van der Waals surface area contributed by atoms with E-state index in [1.54, 1.807) is 11.3 Å². The summed E-state index contributed by atoms with van der Waals surface area (Å²) in [7, 11) is 0. The molecule has 2 fully saturated rings. The van der Waals surface area contributed by atoms with Gasteiger partial charge >= 0.3 is 0 Å². The van der Waals surface area contributed by atoms with Gasteiger partial charge in [-0.05, 0) is 36.8 Å². The van der Waals surface area contributed by atoms with Gasteiger partial charge in [-0.2, -0.15) is 4.98 Å². The fourth-order valence-electron chi connectivity index (χ4n) is 2.99. The summed E-state index contributed by atoms with van der Waals surface area (Å²) >= 11 is 1.60. The Morgan fingerprint density at radius 1 is 1.32 bits per heavy atom. The lowest BCUT2D eigenvalue weighted by atomic mass is 10.3. The Labute approximate surface area is 151 Å². The van der Waals surface area contributed by atoms with Crippen LogP contribution in [0.25, 0.3) is 10.7 Å². The highest BCUT2D eigenvalue weighted by Gasteiger charge is 2.24. The molecule has 1 N–H and O–H groups in total. The summed E-state index contributed by atoms with van der Waals surface area (Å²) in [6, 6.07) is 3.97. The van der Waals surface area contributed by atoms with Gasteiger partial charge in [-0.25, -0.2) is 0 Å². The number of aromatic nitrogens is 2. The number of piperazine rings is 1. The molecule has 1 aliphatic carbocycles. The van der Waals surface area contributed by atoms with Gasteiger partial charge in [0.05, 0.1) is 18.0 Å². The zero-order chi connectivity index (χ0) is 17.1. The summed E-state index contributed by atoms with van der Waals surface area (Å²) in [6.45, 7) is 5.28. The lowest BCUT2D eigenvalue weighted by Crippen LogP contribution is -2.50. The van der Waals surface area contributed by atoms with E-state index in [4.69, 9.17) is 4.52 Å². The van der Waals surface area contributed by atoms with Gasteiger partial charge in [0.15, 0.2) is 0 Å². The molecule has 0 radical (unpaired) electrons. The third-order valence-corrected chi connectivity index (χ3v) is 5.57. The molecule has 1 aliphatic heterocycles. The van der Waals surface area contributed by atoms with Gasteiger partial charge in [-0.3, -0.25) is 9.69 Å². The van der Waals surface area contributed by atoms with Crippen LogP contribution in [0.15, 0.2) is 22.0 Å². The molecule has 2 aliphatic rings. The van der Waals surface area contributed by atoms with Crippen molar-refractivity contribution in [1.29, 1.82) is 0 Å². The molecule has 134 valence electrons. The monoisotopic (exact) mass is 361 g/mol. The van der Waals surface area contributed by atoms with Crippen molar-refractivity contribution in [2.24, 2.45) is 5.92 Å². The number of carbonyl (C=O) groups is 1. The molecule has 4 rings (SSSR count). The number of hydrogen-bond donors (Lipinski definition) is 1. The maximum Gasteiger partial charge on any atom is 0.241 e. The zero-order valence-corrected chi connectivity index (χ0v) is 15.0. The van der Waals surface area contributed by atoms with Crippen LogP contribution in [0.3, 0.4) is 0 Å². The minimum atomic E-state index is 0.207. The lowest BCUT2D eigenvalue weighted by molar-refractivity contribution is -0.132. The number of nitrogens with zero attached hydrogens (tertiary/aromatic N) is 4. The fraction of sp³-hybridized carbons (Fsp3) is 0.588. The first kappa shape index (κ1) is 16.7. The molecular formula is C17H23N5O2S. The van der Waals surface area contributed by atoms with E-state index in [1.165, 1.54) is 12.8 Å². The van der Waals surface area contributed by atoms with E-state index in [2.05, 4.69) is 20.4 Å². The molecule has 2 aromatic rings. The summed E-state index contributed by atoms with van der Waals surface area (Å²) in [6.07, 6.45) is 2.62. The van der Waals surface area contributed by atoms with Crippen molar-refractivity contribution < 1.29 is 9.32 Å². The number of carbonyl (C=O) groups excluding carboxylic acids is 1. The third-order valence-electron chi connectivity index (χ3n) is 4.70. The van der Waals surface area contributed by atoms with Crippen LogP contribution in [0.2, 0.25) is 0 Å². The molecule has 0 atom stereocenters. The number of rotatable bonds is 7. The summed E-state index contributed by atoms with van der Waals surface area (Å²) in [5.74, 6) is 2.30. The molecule has 0 aromatic carbocycles. The first-order valence-electron chi connectivity index (χ1n) is 8.85. The van der Waals surface area contributed by atoms with Gasteiger partial charge in [0, 0.05) is 26.2 Å². The minimum Gasteiger partial charge on any atom is -0.339 e. The average molecular weight is 361 g/mol. The number of nitrogens with one attached hydrogen (secondary N) is 1. The predicted molar refractivity (Wildman–Crippen MR) is 95.1 cm³/mol. The number of thiophene rings is 1. The second-order valence-electron chi connectivity index (χ2n) is 6.72. The molecule has 3 heterocycles. The van der Waals surface area contributed by atoms with Crippen LogP contribution >= 0.6 is 11.3 Å². The molecule has 1 saturated heterocycles. The van der Waals surface area contributed by atoms with Crippen LogP contribution in [-0.4, -0.2) is 65.1 Å². The highest BCUT2D eigenvalue weighted by molar-refractivity contribution is 7.13. The van der Waals surface area contributed by atoms with E-state index in [1.807, 2.05) is 22.4 Å². The van der Waals surface area contributed by atoms with Crippen molar-refractivity contribution in [3.05, 3.63) is 23.4 Å². The van der Waals surface area contributed by atoms with E-state index in [-0.39, 0.29) is 5.91 Å². The van der Waals surface area contributed by atoms with E-state index < -0.39 is 0 Å². The Balaban J connectivity index is 1.21. The topological polar surface area (TPSA) is 74.5 Å². The largest absolute Gasteiger partial charge is 0.339 e. The third kappa shape index (κ3) is 4.45. The fourth-order valence-corrected chi connectivity index (χ4v) is 3.64. The lowest BCUT2D eigenvalue weighted by Gasteiger charge is -2.34. The molecule has 7 nitrogen and oxygen atoms in total. The summed E-state index contributed by atoms with van der Waals surface area (Å²) < 4.78 is 5.36. The average Bonchev–Trinajstić information content (AvgIpc) is 3.10. The van der Waals surface area contributed by atoms with Gasteiger partial charge in [-0.15, -0.1) is 11.3 Å². The Kier molecular flexibility index (Phi) is 5.09. The number of hydrogen-bond acceptors (Lipinski definition) is 7. The zero-order valence-electron chi connectivity index (χ0n) is 14.2. The predicted octanol–water partition coefficient (Wildman–Crippen LogP) is 1.44. The minimum absolute atomic E-state index is 0.207. The molecule has 2 aromatic heterocycles. The summed E-state index contributed by atoms with van der Waals surface area (Å²) in [5.41, 5.74) is 0. The maximum absolute atomic E-state index is 12.2. The van der Waals surface area contributed by atoms with Crippen LogP contribution in [0, 0.1) is 5.92 Å². The second-order valence-corrected chi connectivity index (χ2v) is 7.67. The van der Waals surface area contributed by atoms with E-state index in [9.17, 15) is 4.79 Å². The van der Waals surface area contributed by atoms with Crippen molar-refractivity contribution >= 4 is 17.2 Å². The van der Waals surface area contributed by atoms with Gasteiger partial charge < -0.3 is 14.7 Å². The van der Waals surface area contributed by atoms with E-state index in [0.29, 0.717) is 24.8 Å². The molecule has 0 bridgehead atoms. The molecular weight excluding hydrogens is 338 g/mol. The first-order valence-corrected chi connectivity index (χ1v) is 9.73. The Morgan fingerprint density at radius 3 is 2.88 bits per heavy atom. The normalized spacial score (nSPS) is 18.6. The molecule has 0 spiro atoms. The molecule has 0 unspecified atom stereocenters. The first-order chi connectivity index (χ1) is 12.3. The smallest absolute Gasteiger partial charge is 0.241 e.